The molecule has 1 rings (SSSR count). The van der Waals surface area contributed by atoms with Crippen LogP contribution in [0.3, 0.4) is 0 Å². The van der Waals surface area contributed by atoms with Crippen LogP contribution in [0.5, 0.6) is 5.75 Å². The Kier molecular flexibility index (Phi) is 4.90. The first-order chi connectivity index (χ1) is 8.06. The van der Waals surface area contributed by atoms with Gasteiger partial charge in [0.1, 0.15) is 11.6 Å². The smallest absolute Gasteiger partial charge is 0.225 e. The second-order valence-electron chi connectivity index (χ2n) is 3.81. The predicted octanol–water partition coefficient (Wildman–Crippen LogP) is 1.14. The van der Waals surface area contributed by atoms with Crippen molar-refractivity contribution in [2.45, 2.75) is 13.0 Å². The Balaban J connectivity index is 2.58. The molecule has 5 heteroatoms. The molecule has 17 heavy (non-hydrogen) atoms. The van der Waals surface area contributed by atoms with Gasteiger partial charge in [0.15, 0.2) is 0 Å². The van der Waals surface area contributed by atoms with Crippen LogP contribution in [-0.4, -0.2) is 31.5 Å². The number of carbonyl (C=O) groups is 1. The maximum absolute atomic E-state index is 13.3. The fourth-order valence-corrected chi connectivity index (χ4v) is 1.34. The summed E-state index contributed by atoms with van der Waals surface area (Å²) in [5.74, 6) is -0.0151. The zero-order valence-electron chi connectivity index (χ0n) is 10.1. The molecule has 94 valence electrons. The van der Waals surface area contributed by atoms with Crippen molar-refractivity contribution in [3.63, 3.8) is 0 Å². The van der Waals surface area contributed by atoms with Gasteiger partial charge in [-0.25, -0.2) is 4.39 Å². The Morgan fingerprint density at radius 3 is 2.76 bits per heavy atom. The summed E-state index contributed by atoms with van der Waals surface area (Å²) in [6.07, 6.45) is 0.257. The summed E-state index contributed by atoms with van der Waals surface area (Å²) in [4.78, 5) is 12.8. The SMILES string of the molecule is CN(C)C(=O)CCOc1cccc(F)c1CN. The first-order valence-corrected chi connectivity index (χ1v) is 5.36. The third-order valence-corrected chi connectivity index (χ3v) is 2.35. The monoisotopic (exact) mass is 240 g/mol. The molecular formula is C12H17FN2O2. The fraction of sp³-hybridized carbons (Fsp3) is 0.417. The highest BCUT2D eigenvalue weighted by Gasteiger charge is 2.09. The Bertz CT molecular complexity index is 394. The average molecular weight is 240 g/mol. The summed E-state index contributed by atoms with van der Waals surface area (Å²) in [6.45, 7) is 0.289. The number of hydrogen-bond donors (Lipinski definition) is 1. The summed E-state index contributed by atoms with van der Waals surface area (Å²) in [7, 11) is 3.35. The quantitative estimate of drug-likeness (QED) is 0.839. The van der Waals surface area contributed by atoms with Crippen LogP contribution in [0.1, 0.15) is 12.0 Å². The largest absolute Gasteiger partial charge is 0.493 e. The van der Waals surface area contributed by atoms with Crippen LogP contribution in [0.25, 0.3) is 0 Å². The predicted molar refractivity (Wildman–Crippen MR) is 63.1 cm³/mol. The van der Waals surface area contributed by atoms with Gasteiger partial charge in [0.05, 0.1) is 13.0 Å². The zero-order valence-corrected chi connectivity index (χ0v) is 10.1. The van der Waals surface area contributed by atoms with Crippen LogP contribution in [0.15, 0.2) is 18.2 Å². The van der Waals surface area contributed by atoms with Gasteiger partial charge in [0.25, 0.3) is 0 Å². The van der Waals surface area contributed by atoms with Crippen molar-refractivity contribution >= 4 is 5.91 Å². The first-order valence-electron chi connectivity index (χ1n) is 5.36. The topological polar surface area (TPSA) is 55.6 Å². The van der Waals surface area contributed by atoms with E-state index < -0.39 is 0 Å². The second-order valence-corrected chi connectivity index (χ2v) is 3.81. The lowest BCUT2D eigenvalue weighted by atomic mass is 10.2. The highest BCUT2D eigenvalue weighted by atomic mass is 19.1. The molecular weight excluding hydrogens is 223 g/mol. The minimum Gasteiger partial charge on any atom is -0.493 e. The molecule has 0 radical (unpaired) electrons. The van der Waals surface area contributed by atoms with Crippen LogP contribution < -0.4 is 10.5 Å². The highest BCUT2D eigenvalue weighted by molar-refractivity contribution is 5.75. The first kappa shape index (κ1) is 13.4. The van der Waals surface area contributed by atoms with Gasteiger partial charge in [0.2, 0.25) is 5.91 Å². The van der Waals surface area contributed by atoms with Crippen molar-refractivity contribution in [3.8, 4) is 5.75 Å². The maximum Gasteiger partial charge on any atom is 0.225 e. The summed E-state index contributed by atoms with van der Waals surface area (Å²) >= 11 is 0. The van der Waals surface area contributed by atoms with Crippen LogP contribution in [0.2, 0.25) is 0 Å². The Hall–Kier alpha value is -1.62. The van der Waals surface area contributed by atoms with Crippen LogP contribution in [0.4, 0.5) is 4.39 Å². The molecule has 0 unspecified atom stereocenters. The lowest BCUT2D eigenvalue weighted by Crippen LogP contribution is -2.23. The van der Waals surface area contributed by atoms with E-state index in [2.05, 4.69) is 0 Å². The molecule has 0 aliphatic heterocycles. The molecule has 0 aliphatic rings. The molecule has 0 atom stereocenters. The van der Waals surface area contributed by atoms with Crippen molar-refractivity contribution < 1.29 is 13.9 Å². The van der Waals surface area contributed by atoms with Gasteiger partial charge in [0, 0.05) is 26.2 Å². The number of carbonyl (C=O) groups excluding carboxylic acids is 1. The van der Waals surface area contributed by atoms with E-state index in [0.717, 1.165) is 0 Å². The van der Waals surface area contributed by atoms with Gasteiger partial charge >= 0.3 is 0 Å². The number of benzene rings is 1. The summed E-state index contributed by atoms with van der Waals surface area (Å²) in [6, 6.07) is 4.53. The molecule has 0 aromatic heterocycles. The van der Waals surface area contributed by atoms with E-state index in [4.69, 9.17) is 10.5 Å². The van der Waals surface area contributed by atoms with Crippen molar-refractivity contribution in [2.24, 2.45) is 5.73 Å². The molecule has 1 aromatic rings. The Labute approximate surface area is 100 Å². The number of nitrogens with two attached hydrogens (primary N) is 1. The normalized spacial score (nSPS) is 10.1. The molecule has 0 bridgehead atoms. The molecule has 0 saturated heterocycles. The summed E-state index contributed by atoms with van der Waals surface area (Å²) < 4.78 is 18.7. The Morgan fingerprint density at radius 1 is 1.47 bits per heavy atom. The molecule has 0 fully saturated rings. The minimum absolute atomic E-state index is 0.0318. The molecule has 2 N–H and O–H groups in total. The number of hydrogen-bond acceptors (Lipinski definition) is 3. The van der Waals surface area contributed by atoms with E-state index in [1.807, 2.05) is 0 Å². The number of nitrogens with zero attached hydrogens (tertiary/aromatic N) is 1. The lowest BCUT2D eigenvalue weighted by Gasteiger charge is -2.13. The van der Waals surface area contributed by atoms with E-state index in [1.54, 1.807) is 26.2 Å². The molecule has 4 nitrogen and oxygen atoms in total. The van der Waals surface area contributed by atoms with Crippen LogP contribution >= 0.6 is 0 Å². The lowest BCUT2D eigenvalue weighted by molar-refractivity contribution is -0.129. The van der Waals surface area contributed by atoms with E-state index in [1.165, 1.54) is 11.0 Å². The molecule has 1 aromatic carbocycles. The zero-order chi connectivity index (χ0) is 12.8. The maximum atomic E-state index is 13.3. The van der Waals surface area contributed by atoms with E-state index in [0.29, 0.717) is 11.3 Å². The molecule has 0 saturated carbocycles. The van der Waals surface area contributed by atoms with Gasteiger partial charge in [-0.3, -0.25) is 4.79 Å². The van der Waals surface area contributed by atoms with Gasteiger partial charge in [-0.2, -0.15) is 0 Å². The fourth-order valence-electron chi connectivity index (χ4n) is 1.34. The van der Waals surface area contributed by atoms with Crippen molar-refractivity contribution in [3.05, 3.63) is 29.6 Å². The van der Waals surface area contributed by atoms with E-state index in [-0.39, 0.29) is 31.3 Å². The van der Waals surface area contributed by atoms with Crippen LogP contribution in [-0.2, 0) is 11.3 Å². The highest BCUT2D eigenvalue weighted by Crippen LogP contribution is 2.20. The number of halogens is 1. The van der Waals surface area contributed by atoms with Gasteiger partial charge in [-0.05, 0) is 12.1 Å². The molecule has 0 spiro atoms. The molecule has 0 aliphatic carbocycles. The standard InChI is InChI=1S/C12H17FN2O2/c1-15(2)12(16)6-7-17-11-5-3-4-10(13)9(11)8-14/h3-5H,6-8,14H2,1-2H3. The average Bonchev–Trinajstić information content (AvgIpc) is 2.29. The Morgan fingerprint density at radius 2 is 2.18 bits per heavy atom. The molecule has 1 amide bonds. The van der Waals surface area contributed by atoms with Crippen molar-refractivity contribution in [1.82, 2.24) is 4.90 Å². The van der Waals surface area contributed by atoms with Crippen molar-refractivity contribution in [2.75, 3.05) is 20.7 Å². The third-order valence-electron chi connectivity index (χ3n) is 2.35. The van der Waals surface area contributed by atoms with Gasteiger partial charge in [-0.15, -0.1) is 0 Å². The second kappa shape index (κ2) is 6.20. The summed E-state index contributed by atoms with van der Waals surface area (Å²) in [5, 5.41) is 0. The number of amides is 1. The molecule has 0 heterocycles. The van der Waals surface area contributed by atoms with Gasteiger partial charge < -0.3 is 15.4 Å². The summed E-state index contributed by atoms with van der Waals surface area (Å²) in [5.41, 5.74) is 5.77. The van der Waals surface area contributed by atoms with Gasteiger partial charge in [-0.1, -0.05) is 6.07 Å². The number of rotatable bonds is 5. The van der Waals surface area contributed by atoms with Crippen molar-refractivity contribution in [1.29, 1.82) is 0 Å². The van der Waals surface area contributed by atoms with Crippen LogP contribution in [0, 0.1) is 5.82 Å². The third kappa shape index (κ3) is 3.71. The van der Waals surface area contributed by atoms with E-state index in [9.17, 15) is 9.18 Å². The minimum atomic E-state index is -0.385. The van der Waals surface area contributed by atoms with E-state index >= 15 is 0 Å². The number of ether oxygens (including phenoxy) is 1.